The summed E-state index contributed by atoms with van der Waals surface area (Å²) in [5.74, 6) is -0.602. The standard InChI is InChI=1S/C14H16ClN5OS/c1-2-20-8-11(12(19-20)13(16)21)18-14(22)17-7-9-3-5-10(15)6-4-9/h3-6,8H,2,7H2,1H3,(H2,16,21)(H2,17,18,22). The average Bonchev–Trinajstić information content (AvgIpc) is 2.90. The number of halogens is 1. The van der Waals surface area contributed by atoms with E-state index < -0.39 is 5.91 Å². The number of aryl methyl sites for hydroxylation is 1. The minimum absolute atomic E-state index is 0.164. The number of nitrogens with zero attached hydrogens (tertiary/aromatic N) is 2. The Hall–Kier alpha value is -2.12. The summed E-state index contributed by atoms with van der Waals surface area (Å²) in [5, 5.41) is 11.1. The van der Waals surface area contributed by atoms with E-state index in [0.29, 0.717) is 28.9 Å². The van der Waals surface area contributed by atoms with Crippen LogP contribution in [0.3, 0.4) is 0 Å². The number of anilines is 1. The van der Waals surface area contributed by atoms with Gasteiger partial charge in [0.15, 0.2) is 10.8 Å². The van der Waals surface area contributed by atoms with Gasteiger partial charge in [0.05, 0.1) is 5.69 Å². The lowest BCUT2D eigenvalue weighted by molar-refractivity contribution is 0.0995. The highest BCUT2D eigenvalue weighted by Crippen LogP contribution is 2.13. The Morgan fingerprint density at radius 2 is 2.09 bits per heavy atom. The van der Waals surface area contributed by atoms with E-state index in [1.807, 2.05) is 31.2 Å². The lowest BCUT2D eigenvalue weighted by Gasteiger charge is -2.09. The van der Waals surface area contributed by atoms with Gasteiger partial charge in [-0.3, -0.25) is 9.48 Å². The lowest BCUT2D eigenvalue weighted by Crippen LogP contribution is -2.28. The van der Waals surface area contributed by atoms with E-state index in [4.69, 9.17) is 29.6 Å². The van der Waals surface area contributed by atoms with E-state index in [0.717, 1.165) is 5.56 Å². The van der Waals surface area contributed by atoms with E-state index in [-0.39, 0.29) is 5.69 Å². The van der Waals surface area contributed by atoms with Gasteiger partial charge in [-0.15, -0.1) is 0 Å². The van der Waals surface area contributed by atoms with Crippen LogP contribution in [-0.2, 0) is 13.1 Å². The van der Waals surface area contributed by atoms with Crippen molar-refractivity contribution in [1.82, 2.24) is 15.1 Å². The van der Waals surface area contributed by atoms with Crippen molar-refractivity contribution in [3.8, 4) is 0 Å². The first-order chi connectivity index (χ1) is 10.5. The molecule has 0 aliphatic heterocycles. The number of thiocarbonyl (C=S) groups is 1. The van der Waals surface area contributed by atoms with Crippen LogP contribution < -0.4 is 16.4 Å². The van der Waals surface area contributed by atoms with Crippen LogP contribution in [0.5, 0.6) is 0 Å². The zero-order chi connectivity index (χ0) is 16.1. The summed E-state index contributed by atoms with van der Waals surface area (Å²) in [5.41, 5.74) is 6.99. The molecule has 4 N–H and O–H groups in total. The molecule has 0 atom stereocenters. The smallest absolute Gasteiger partial charge is 0.271 e. The molecule has 1 amide bonds. The van der Waals surface area contributed by atoms with Gasteiger partial charge in [-0.05, 0) is 36.8 Å². The predicted octanol–water partition coefficient (Wildman–Crippen LogP) is 2.14. The van der Waals surface area contributed by atoms with E-state index in [2.05, 4.69) is 15.7 Å². The summed E-state index contributed by atoms with van der Waals surface area (Å²) in [6.07, 6.45) is 1.69. The molecule has 0 unspecified atom stereocenters. The maximum atomic E-state index is 11.4. The number of primary amides is 1. The number of hydrogen-bond donors (Lipinski definition) is 3. The van der Waals surface area contributed by atoms with Crippen LogP contribution in [0.4, 0.5) is 5.69 Å². The molecule has 0 fully saturated rings. The van der Waals surface area contributed by atoms with Gasteiger partial charge in [0.1, 0.15) is 0 Å². The number of nitrogens with one attached hydrogen (secondary N) is 2. The van der Waals surface area contributed by atoms with Crippen molar-refractivity contribution >= 4 is 40.5 Å². The largest absolute Gasteiger partial charge is 0.364 e. The van der Waals surface area contributed by atoms with Crippen molar-refractivity contribution in [2.24, 2.45) is 5.73 Å². The van der Waals surface area contributed by atoms with Gasteiger partial charge < -0.3 is 16.4 Å². The van der Waals surface area contributed by atoms with Crippen molar-refractivity contribution in [3.05, 3.63) is 46.7 Å². The minimum atomic E-state index is -0.602. The van der Waals surface area contributed by atoms with Crippen LogP contribution >= 0.6 is 23.8 Å². The molecule has 116 valence electrons. The van der Waals surface area contributed by atoms with Crippen molar-refractivity contribution in [3.63, 3.8) is 0 Å². The molecule has 2 rings (SSSR count). The third-order valence-corrected chi connectivity index (χ3v) is 3.43. The molecule has 1 aromatic carbocycles. The third kappa shape index (κ3) is 4.19. The van der Waals surface area contributed by atoms with Crippen LogP contribution in [0.1, 0.15) is 23.0 Å². The molecule has 0 radical (unpaired) electrons. The van der Waals surface area contributed by atoms with Gasteiger partial charge in [-0.2, -0.15) is 5.10 Å². The molecular formula is C14H16ClN5OS. The molecule has 2 aromatic rings. The van der Waals surface area contributed by atoms with E-state index in [1.54, 1.807) is 10.9 Å². The number of rotatable bonds is 5. The Morgan fingerprint density at radius 1 is 1.41 bits per heavy atom. The molecule has 6 nitrogen and oxygen atoms in total. The average molecular weight is 338 g/mol. The molecular weight excluding hydrogens is 322 g/mol. The molecule has 0 saturated heterocycles. The van der Waals surface area contributed by atoms with E-state index >= 15 is 0 Å². The predicted molar refractivity (Wildman–Crippen MR) is 90.9 cm³/mol. The molecule has 1 heterocycles. The maximum absolute atomic E-state index is 11.4. The molecule has 0 aliphatic carbocycles. The second kappa shape index (κ2) is 7.24. The molecule has 0 saturated carbocycles. The fourth-order valence-corrected chi connectivity index (χ4v) is 2.12. The number of benzene rings is 1. The molecule has 1 aromatic heterocycles. The zero-order valence-corrected chi connectivity index (χ0v) is 13.5. The summed E-state index contributed by atoms with van der Waals surface area (Å²) < 4.78 is 1.62. The van der Waals surface area contributed by atoms with Crippen molar-refractivity contribution in [2.45, 2.75) is 20.0 Å². The van der Waals surface area contributed by atoms with Crippen LogP contribution in [0.2, 0.25) is 5.02 Å². The third-order valence-electron chi connectivity index (χ3n) is 2.93. The Kier molecular flexibility index (Phi) is 5.35. The Balaban J connectivity index is 1.98. The molecule has 22 heavy (non-hydrogen) atoms. The van der Waals surface area contributed by atoms with Crippen molar-refractivity contribution in [1.29, 1.82) is 0 Å². The topological polar surface area (TPSA) is 85.0 Å². The first-order valence-electron chi connectivity index (χ1n) is 6.66. The molecule has 0 spiro atoms. The van der Waals surface area contributed by atoms with E-state index in [9.17, 15) is 4.79 Å². The summed E-state index contributed by atoms with van der Waals surface area (Å²) in [6.45, 7) is 3.09. The SMILES string of the molecule is CCn1cc(NC(=S)NCc2ccc(Cl)cc2)c(C(N)=O)n1. The molecule has 0 bridgehead atoms. The number of amides is 1. The number of carbonyl (C=O) groups excluding carboxylic acids is 1. The van der Waals surface area contributed by atoms with E-state index in [1.165, 1.54) is 0 Å². The number of hydrogen-bond acceptors (Lipinski definition) is 3. The number of carbonyl (C=O) groups is 1. The van der Waals surface area contributed by atoms with Crippen LogP contribution in [0.15, 0.2) is 30.5 Å². The van der Waals surface area contributed by atoms with Crippen LogP contribution in [-0.4, -0.2) is 20.8 Å². The quantitative estimate of drug-likeness (QED) is 0.728. The van der Waals surface area contributed by atoms with Crippen molar-refractivity contribution < 1.29 is 4.79 Å². The highest BCUT2D eigenvalue weighted by atomic mass is 35.5. The molecule has 0 aliphatic rings. The van der Waals surface area contributed by atoms with Gasteiger partial charge in [-0.25, -0.2) is 0 Å². The Bertz CT molecular complexity index is 683. The Morgan fingerprint density at radius 3 is 2.68 bits per heavy atom. The minimum Gasteiger partial charge on any atom is -0.364 e. The van der Waals surface area contributed by atoms with Crippen molar-refractivity contribution in [2.75, 3.05) is 5.32 Å². The summed E-state index contributed by atoms with van der Waals surface area (Å²) in [6, 6.07) is 7.43. The summed E-state index contributed by atoms with van der Waals surface area (Å²) in [7, 11) is 0. The summed E-state index contributed by atoms with van der Waals surface area (Å²) >= 11 is 11.0. The number of aromatic nitrogens is 2. The van der Waals surface area contributed by atoms with Crippen LogP contribution in [0.25, 0.3) is 0 Å². The highest BCUT2D eigenvalue weighted by Gasteiger charge is 2.14. The van der Waals surface area contributed by atoms with Gasteiger partial charge in [0, 0.05) is 24.3 Å². The first-order valence-corrected chi connectivity index (χ1v) is 7.44. The van der Waals surface area contributed by atoms with Gasteiger partial charge in [0.2, 0.25) is 0 Å². The fraction of sp³-hybridized carbons (Fsp3) is 0.214. The second-order valence-electron chi connectivity index (χ2n) is 4.55. The van der Waals surface area contributed by atoms with Gasteiger partial charge in [-0.1, -0.05) is 23.7 Å². The van der Waals surface area contributed by atoms with Gasteiger partial charge in [0.25, 0.3) is 5.91 Å². The van der Waals surface area contributed by atoms with Gasteiger partial charge >= 0.3 is 0 Å². The fourth-order valence-electron chi connectivity index (χ4n) is 1.81. The molecule has 8 heteroatoms. The highest BCUT2D eigenvalue weighted by molar-refractivity contribution is 7.80. The Labute approximate surface area is 138 Å². The maximum Gasteiger partial charge on any atom is 0.271 e. The lowest BCUT2D eigenvalue weighted by atomic mass is 10.2. The zero-order valence-electron chi connectivity index (χ0n) is 12.0. The normalized spacial score (nSPS) is 10.3. The summed E-state index contributed by atoms with van der Waals surface area (Å²) in [4.78, 5) is 11.4. The van der Waals surface area contributed by atoms with Crippen LogP contribution in [0, 0.1) is 0 Å². The first kappa shape index (κ1) is 16.3. The number of nitrogens with two attached hydrogens (primary N) is 1. The monoisotopic (exact) mass is 337 g/mol. The second-order valence-corrected chi connectivity index (χ2v) is 5.39.